The van der Waals surface area contributed by atoms with Crippen molar-refractivity contribution in [1.29, 1.82) is 0 Å². The highest BCUT2D eigenvalue weighted by atomic mass is 35.5. The Hall–Kier alpha value is -2.94. The third-order valence-electron chi connectivity index (χ3n) is 6.41. The molecule has 0 radical (unpaired) electrons. The standard InChI is InChI=1S/C23H26ClFN6O5S2/c1-15-27-29-31(28-15)14-17-12-18(24)4-2-16(17)3-7-23(32)30-10-8-19(9-11-30)37(33,34)22-6-5-20(13-21(22)25)38(26,35)36/h2,4-6,12-13,19H,3,7-11,14H2,1H3,(H2,26,35,36). The van der Waals surface area contributed by atoms with Gasteiger partial charge in [0.2, 0.25) is 15.9 Å². The molecule has 0 aliphatic carbocycles. The number of nitrogens with zero attached hydrogens (tertiary/aromatic N) is 5. The van der Waals surface area contributed by atoms with Crippen LogP contribution in [-0.4, -0.2) is 66.2 Å². The molecule has 1 aliphatic heterocycles. The number of aryl methyl sites for hydroxylation is 2. The molecule has 0 bridgehead atoms. The lowest BCUT2D eigenvalue weighted by atomic mass is 10.0. The Balaban J connectivity index is 1.37. The van der Waals surface area contributed by atoms with E-state index in [9.17, 15) is 26.0 Å². The normalized spacial score (nSPS) is 15.1. The molecule has 0 unspecified atom stereocenters. The predicted octanol–water partition coefficient (Wildman–Crippen LogP) is 1.87. The number of aromatic nitrogens is 4. The molecule has 1 saturated heterocycles. The molecule has 0 atom stereocenters. The van der Waals surface area contributed by atoms with Crippen LogP contribution in [0.4, 0.5) is 4.39 Å². The Morgan fingerprint density at radius 3 is 2.42 bits per heavy atom. The molecule has 0 spiro atoms. The number of amides is 1. The lowest BCUT2D eigenvalue weighted by molar-refractivity contribution is -0.132. The highest BCUT2D eigenvalue weighted by molar-refractivity contribution is 7.92. The number of halogens is 2. The number of piperidine rings is 1. The third kappa shape index (κ3) is 6.37. The van der Waals surface area contributed by atoms with Gasteiger partial charge in [-0.15, -0.1) is 10.2 Å². The Morgan fingerprint density at radius 2 is 1.82 bits per heavy atom. The number of hydrogen-bond acceptors (Lipinski definition) is 8. The number of sulfonamides is 1. The average molecular weight is 585 g/mol. The molecule has 2 aromatic carbocycles. The molecule has 1 aliphatic rings. The highest BCUT2D eigenvalue weighted by Crippen LogP contribution is 2.28. The quantitative estimate of drug-likeness (QED) is 0.420. The zero-order valence-corrected chi connectivity index (χ0v) is 22.8. The second-order valence-corrected chi connectivity index (χ2v) is 13.2. The minimum absolute atomic E-state index is 0.125. The van der Waals surface area contributed by atoms with Gasteiger partial charge in [-0.05, 0) is 72.9 Å². The van der Waals surface area contributed by atoms with E-state index in [0.29, 0.717) is 29.9 Å². The molecular formula is C23H26ClFN6O5S2. The fourth-order valence-corrected chi connectivity index (χ4v) is 6.91. The van der Waals surface area contributed by atoms with E-state index in [1.807, 2.05) is 6.07 Å². The van der Waals surface area contributed by atoms with Crippen LogP contribution in [0.15, 0.2) is 46.2 Å². The second-order valence-electron chi connectivity index (χ2n) is 9.04. The van der Waals surface area contributed by atoms with Crippen LogP contribution in [-0.2, 0) is 37.6 Å². The first-order valence-corrected chi connectivity index (χ1v) is 15.2. The van der Waals surface area contributed by atoms with Crippen LogP contribution >= 0.6 is 11.6 Å². The summed E-state index contributed by atoms with van der Waals surface area (Å²) in [7, 11) is -8.25. The Morgan fingerprint density at radius 1 is 1.11 bits per heavy atom. The Kier molecular flexibility index (Phi) is 8.16. The predicted molar refractivity (Wildman–Crippen MR) is 136 cm³/mol. The summed E-state index contributed by atoms with van der Waals surface area (Å²) >= 11 is 6.16. The minimum Gasteiger partial charge on any atom is -0.343 e. The topological polar surface area (TPSA) is 158 Å². The zero-order chi connectivity index (χ0) is 27.7. The van der Waals surface area contributed by atoms with Crippen molar-refractivity contribution in [3.63, 3.8) is 0 Å². The Bertz CT molecular complexity index is 1570. The maximum Gasteiger partial charge on any atom is 0.238 e. The van der Waals surface area contributed by atoms with Crippen LogP contribution in [0.5, 0.6) is 0 Å². The summed E-state index contributed by atoms with van der Waals surface area (Å²) in [6, 6.07) is 7.88. The molecule has 11 nitrogen and oxygen atoms in total. The van der Waals surface area contributed by atoms with Gasteiger partial charge in [-0.1, -0.05) is 17.7 Å². The van der Waals surface area contributed by atoms with E-state index in [1.165, 1.54) is 4.80 Å². The SMILES string of the molecule is Cc1nnn(Cc2cc(Cl)ccc2CCC(=O)N2CCC(S(=O)(=O)c3ccc(S(N)(=O)=O)cc3F)CC2)n1. The van der Waals surface area contributed by atoms with Crippen molar-refractivity contribution in [3.05, 3.63) is 64.2 Å². The number of hydrogen-bond donors (Lipinski definition) is 1. The molecule has 204 valence electrons. The van der Waals surface area contributed by atoms with Crippen LogP contribution < -0.4 is 5.14 Å². The summed E-state index contributed by atoms with van der Waals surface area (Å²) in [5.41, 5.74) is 1.77. The van der Waals surface area contributed by atoms with Crippen molar-refractivity contribution >= 4 is 37.4 Å². The number of tetrazole rings is 1. The van der Waals surface area contributed by atoms with Crippen LogP contribution in [0, 0.1) is 12.7 Å². The number of nitrogens with two attached hydrogens (primary N) is 1. The maximum absolute atomic E-state index is 14.5. The van der Waals surface area contributed by atoms with Gasteiger partial charge >= 0.3 is 0 Å². The molecule has 1 aromatic heterocycles. The van der Waals surface area contributed by atoms with Crippen molar-refractivity contribution in [2.45, 2.75) is 54.2 Å². The molecule has 3 aromatic rings. The van der Waals surface area contributed by atoms with Gasteiger partial charge in [0.25, 0.3) is 0 Å². The van der Waals surface area contributed by atoms with Gasteiger partial charge in [0, 0.05) is 24.5 Å². The lowest BCUT2D eigenvalue weighted by Crippen LogP contribution is -2.42. The van der Waals surface area contributed by atoms with Gasteiger partial charge in [-0.2, -0.15) is 4.80 Å². The molecule has 1 amide bonds. The Labute approximate surface area is 224 Å². The van der Waals surface area contributed by atoms with Gasteiger partial charge in [0.1, 0.15) is 10.7 Å². The molecule has 2 N–H and O–H groups in total. The fourth-order valence-electron chi connectivity index (χ4n) is 4.41. The monoisotopic (exact) mass is 584 g/mol. The van der Waals surface area contributed by atoms with E-state index < -0.39 is 40.7 Å². The van der Waals surface area contributed by atoms with Crippen molar-refractivity contribution in [2.75, 3.05) is 13.1 Å². The lowest BCUT2D eigenvalue weighted by Gasteiger charge is -2.32. The van der Waals surface area contributed by atoms with Crippen LogP contribution in [0.3, 0.4) is 0 Å². The highest BCUT2D eigenvalue weighted by Gasteiger charge is 2.34. The molecular weight excluding hydrogens is 559 g/mol. The summed E-state index contributed by atoms with van der Waals surface area (Å²) in [6.45, 7) is 2.49. The van der Waals surface area contributed by atoms with E-state index in [2.05, 4.69) is 15.4 Å². The first-order chi connectivity index (χ1) is 17.8. The molecule has 1 fully saturated rings. The number of benzene rings is 2. The van der Waals surface area contributed by atoms with Gasteiger partial charge in [-0.25, -0.2) is 26.4 Å². The molecule has 38 heavy (non-hydrogen) atoms. The molecule has 2 heterocycles. The molecule has 15 heteroatoms. The van der Waals surface area contributed by atoms with Crippen molar-refractivity contribution in [1.82, 2.24) is 25.1 Å². The van der Waals surface area contributed by atoms with Crippen molar-refractivity contribution < 1.29 is 26.0 Å². The smallest absolute Gasteiger partial charge is 0.238 e. The summed E-state index contributed by atoms with van der Waals surface area (Å²) in [5.74, 6) is -0.761. The first kappa shape index (κ1) is 28.1. The number of carbonyl (C=O) groups is 1. The zero-order valence-electron chi connectivity index (χ0n) is 20.4. The number of primary sulfonamides is 1. The van der Waals surface area contributed by atoms with Gasteiger partial charge in [-0.3, -0.25) is 4.79 Å². The number of rotatable bonds is 8. The van der Waals surface area contributed by atoms with Gasteiger partial charge in [0.05, 0.1) is 16.7 Å². The van der Waals surface area contributed by atoms with Gasteiger partial charge in [0.15, 0.2) is 15.7 Å². The van der Waals surface area contributed by atoms with Crippen LogP contribution in [0.2, 0.25) is 5.02 Å². The van der Waals surface area contributed by atoms with Crippen molar-refractivity contribution in [3.8, 4) is 0 Å². The largest absolute Gasteiger partial charge is 0.343 e. The van der Waals surface area contributed by atoms with E-state index >= 15 is 0 Å². The molecule has 0 saturated carbocycles. The van der Waals surface area contributed by atoms with E-state index in [1.54, 1.807) is 24.0 Å². The number of sulfone groups is 1. The van der Waals surface area contributed by atoms with Crippen LogP contribution in [0.25, 0.3) is 0 Å². The average Bonchev–Trinajstić information content (AvgIpc) is 3.27. The first-order valence-electron chi connectivity index (χ1n) is 11.7. The summed E-state index contributed by atoms with van der Waals surface area (Å²) < 4.78 is 63.4. The number of likely N-dealkylation sites (tertiary alicyclic amines) is 1. The number of carbonyl (C=O) groups excluding carboxylic acids is 1. The van der Waals surface area contributed by atoms with Crippen molar-refractivity contribution in [2.24, 2.45) is 5.14 Å². The summed E-state index contributed by atoms with van der Waals surface area (Å²) in [6.07, 6.45) is 0.917. The van der Waals surface area contributed by atoms with Gasteiger partial charge < -0.3 is 4.90 Å². The second kappa shape index (κ2) is 11.0. The van der Waals surface area contributed by atoms with E-state index in [4.69, 9.17) is 16.7 Å². The molecule has 4 rings (SSSR count). The summed E-state index contributed by atoms with van der Waals surface area (Å²) in [5, 5.41) is 16.6. The van der Waals surface area contributed by atoms with E-state index in [0.717, 1.165) is 23.3 Å². The fraction of sp³-hybridized carbons (Fsp3) is 0.391. The maximum atomic E-state index is 14.5. The van der Waals surface area contributed by atoms with E-state index in [-0.39, 0.29) is 38.3 Å². The minimum atomic E-state index is -4.17. The van der Waals surface area contributed by atoms with Crippen LogP contribution in [0.1, 0.15) is 36.2 Å². The summed E-state index contributed by atoms with van der Waals surface area (Å²) in [4.78, 5) is 14.9. The third-order valence-corrected chi connectivity index (χ3v) is 9.85.